The number of benzene rings is 1. The average Bonchev–Trinajstić information content (AvgIpc) is 2.41. The molecule has 5 nitrogen and oxygen atoms in total. The lowest BCUT2D eigenvalue weighted by Crippen LogP contribution is -2.21. The molecule has 1 aromatic carbocycles. The van der Waals surface area contributed by atoms with Crippen LogP contribution in [0.15, 0.2) is 46.7 Å². The van der Waals surface area contributed by atoms with E-state index in [0.717, 1.165) is 9.92 Å². The van der Waals surface area contributed by atoms with Gasteiger partial charge in [-0.2, -0.15) is 0 Å². The SMILES string of the molecule is CN(C)C(=O)c1ccc(Sc2ccncn2)c(N)c1. The number of carbonyl (C=O) groups is 1. The number of amides is 1. The highest BCUT2D eigenvalue weighted by atomic mass is 32.2. The van der Waals surface area contributed by atoms with Gasteiger partial charge in [0.2, 0.25) is 0 Å². The number of anilines is 1. The summed E-state index contributed by atoms with van der Waals surface area (Å²) in [7, 11) is 3.42. The molecule has 2 aromatic rings. The van der Waals surface area contributed by atoms with Gasteiger partial charge in [-0.15, -0.1) is 0 Å². The van der Waals surface area contributed by atoms with Crippen molar-refractivity contribution in [2.24, 2.45) is 0 Å². The number of aromatic nitrogens is 2. The molecule has 1 heterocycles. The van der Waals surface area contributed by atoms with E-state index in [2.05, 4.69) is 9.97 Å². The van der Waals surface area contributed by atoms with Crippen molar-refractivity contribution in [3.8, 4) is 0 Å². The lowest BCUT2D eigenvalue weighted by molar-refractivity contribution is 0.0827. The van der Waals surface area contributed by atoms with Crippen molar-refractivity contribution in [1.29, 1.82) is 0 Å². The number of nitrogens with two attached hydrogens (primary N) is 1. The molecule has 1 aromatic heterocycles. The molecule has 98 valence electrons. The Morgan fingerprint density at radius 3 is 2.68 bits per heavy atom. The summed E-state index contributed by atoms with van der Waals surface area (Å²) in [6.45, 7) is 0. The number of rotatable bonds is 3. The molecule has 0 unspecified atom stereocenters. The summed E-state index contributed by atoms with van der Waals surface area (Å²) < 4.78 is 0. The molecular weight excluding hydrogens is 260 g/mol. The highest BCUT2D eigenvalue weighted by Gasteiger charge is 2.10. The summed E-state index contributed by atoms with van der Waals surface area (Å²) in [5.41, 5.74) is 7.12. The molecule has 0 radical (unpaired) electrons. The molecule has 6 heteroatoms. The predicted octanol–water partition coefficient (Wildman–Crippen LogP) is 1.91. The molecule has 0 saturated heterocycles. The summed E-state index contributed by atoms with van der Waals surface area (Å²) in [5, 5.41) is 0.813. The van der Waals surface area contributed by atoms with Crippen LogP contribution in [-0.2, 0) is 0 Å². The Hall–Kier alpha value is -2.08. The van der Waals surface area contributed by atoms with Crippen LogP contribution in [0.3, 0.4) is 0 Å². The van der Waals surface area contributed by atoms with Gasteiger partial charge in [0.1, 0.15) is 11.4 Å². The number of hydrogen-bond acceptors (Lipinski definition) is 5. The fourth-order valence-electron chi connectivity index (χ4n) is 1.48. The van der Waals surface area contributed by atoms with Crippen molar-refractivity contribution in [2.45, 2.75) is 9.92 Å². The number of nitrogens with zero attached hydrogens (tertiary/aromatic N) is 3. The molecule has 0 fully saturated rings. The molecule has 2 N–H and O–H groups in total. The highest BCUT2D eigenvalue weighted by Crippen LogP contribution is 2.31. The highest BCUT2D eigenvalue weighted by molar-refractivity contribution is 7.99. The van der Waals surface area contributed by atoms with E-state index < -0.39 is 0 Å². The standard InChI is InChI=1S/C13H14N4OS/c1-17(2)13(18)9-3-4-11(10(14)7-9)19-12-5-6-15-8-16-12/h3-8H,14H2,1-2H3. The molecular formula is C13H14N4OS. The van der Waals surface area contributed by atoms with Crippen molar-refractivity contribution in [1.82, 2.24) is 14.9 Å². The van der Waals surface area contributed by atoms with Crippen LogP contribution in [-0.4, -0.2) is 34.9 Å². The lowest BCUT2D eigenvalue weighted by atomic mass is 10.2. The van der Waals surface area contributed by atoms with E-state index >= 15 is 0 Å². The third kappa shape index (κ3) is 3.23. The molecule has 0 aliphatic carbocycles. The Labute approximate surface area is 115 Å². The summed E-state index contributed by atoms with van der Waals surface area (Å²) in [4.78, 5) is 22.2. The monoisotopic (exact) mass is 274 g/mol. The van der Waals surface area contributed by atoms with Crippen LogP contribution in [0.5, 0.6) is 0 Å². The molecule has 0 atom stereocenters. The Morgan fingerprint density at radius 2 is 2.11 bits per heavy atom. The average molecular weight is 274 g/mol. The minimum Gasteiger partial charge on any atom is -0.398 e. The third-order valence-electron chi connectivity index (χ3n) is 2.43. The second-order valence-corrected chi connectivity index (χ2v) is 5.16. The molecule has 2 rings (SSSR count). The van der Waals surface area contributed by atoms with E-state index in [9.17, 15) is 4.79 Å². The largest absolute Gasteiger partial charge is 0.398 e. The van der Waals surface area contributed by atoms with Crippen molar-refractivity contribution < 1.29 is 4.79 Å². The molecule has 1 amide bonds. The van der Waals surface area contributed by atoms with Gasteiger partial charge in [0.05, 0.1) is 0 Å². The van der Waals surface area contributed by atoms with E-state index in [1.807, 2.05) is 12.1 Å². The van der Waals surface area contributed by atoms with Crippen LogP contribution < -0.4 is 5.73 Å². The molecule has 0 spiro atoms. The zero-order chi connectivity index (χ0) is 13.8. The van der Waals surface area contributed by atoms with Crippen LogP contribution >= 0.6 is 11.8 Å². The van der Waals surface area contributed by atoms with Crippen LogP contribution in [0.25, 0.3) is 0 Å². The van der Waals surface area contributed by atoms with E-state index in [0.29, 0.717) is 11.3 Å². The zero-order valence-corrected chi connectivity index (χ0v) is 11.5. The van der Waals surface area contributed by atoms with Gasteiger partial charge in [0.15, 0.2) is 0 Å². The Balaban J connectivity index is 2.23. The minimum absolute atomic E-state index is 0.0645. The molecule has 19 heavy (non-hydrogen) atoms. The van der Waals surface area contributed by atoms with Crippen molar-refractivity contribution in [2.75, 3.05) is 19.8 Å². The molecule has 0 aliphatic rings. The molecule has 0 bridgehead atoms. The zero-order valence-electron chi connectivity index (χ0n) is 10.7. The van der Waals surface area contributed by atoms with Gasteiger partial charge in [-0.25, -0.2) is 9.97 Å². The van der Waals surface area contributed by atoms with E-state index in [-0.39, 0.29) is 5.91 Å². The van der Waals surface area contributed by atoms with Crippen molar-refractivity contribution in [3.63, 3.8) is 0 Å². The first kappa shape index (κ1) is 13.4. The topological polar surface area (TPSA) is 72.1 Å². The van der Waals surface area contributed by atoms with Gasteiger partial charge in [-0.1, -0.05) is 11.8 Å². The fraction of sp³-hybridized carbons (Fsp3) is 0.154. The second-order valence-electron chi connectivity index (χ2n) is 4.10. The fourth-order valence-corrected chi connectivity index (χ4v) is 2.25. The van der Waals surface area contributed by atoms with Crippen LogP contribution in [0.1, 0.15) is 10.4 Å². The first-order valence-electron chi connectivity index (χ1n) is 5.63. The molecule has 0 aliphatic heterocycles. The molecule has 0 saturated carbocycles. The quantitative estimate of drug-likeness (QED) is 0.683. The summed E-state index contributed by atoms with van der Waals surface area (Å²) in [5.74, 6) is -0.0645. The van der Waals surface area contributed by atoms with Gasteiger partial charge in [-0.3, -0.25) is 4.79 Å². The summed E-state index contributed by atoms with van der Waals surface area (Å²) in [6, 6.07) is 7.09. The first-order valence-corrected chi connectivity index (χ1v) is 6.44. The predicted molar refractivity (Wildman–Crippen MR) is 75.0 cm³/mol. The van der Waals surface area contributed by atoms with Crippen LogP contribution in [0, 0.1) is 0 Å². The first-order chi connectivity index (χ1) is 9.08. The maximum atomic E-state index is 11.8. The van der Waals surface area contributed by atoms with Crippen molar-refractivity contribution >= 4 is 23.4 Å². The van der Waals surface area contributed by atoms with Gasteiger partial charge in [0, 0.05) is 36.4 Å². The maximum Gasteiger partial charge on any atom is 0.253 e. The Bertz CT molecular complexity index is 586. The van der Waals surface area contributed by atoms with Gasteiger partial charge in [-0.05, 0) is 24.3 Å². The van der Waals surface area contributed by atoms with Crippen molar-refractivity contribution in [3.05, 3.63) is 42.4 Å². The third-order valence-corrected chi connectivity index (χ3v) is 3.47. The lowest BCUT2D eigenvalue weighted by Gasteiger charge is -2.12. The maximum absolute atomic E-state index is 11.8. The number of carbonyl (C=O) groups excluding carboxylic acids is 1. The van der Waals surface area contributed by atoms with Crippen LogP contribution in [0.2, 0.25) is 0 Å². The smallest absolute Gasteiger partial charge is 0.253 e. The summed E-state index contributed by atoms with van der Waals surface area (Å²) >= 11 is 1.44. The minimum atomic E-state index is -0.0645. The summed E-state index contributed by atoms with van der Waals surface area (Å²) in [6.07, 6.45) is 3.16. The Kier molecular flexibility index (Phi) is 4.01. The van der Waals surface area contributed by atoms with Gasteiger partial charge in [0.25, 0.3) is 5.91 Å². The van der Waals surface area contributed by atoms with Gasteiger partial charge < -0.3 is 10.6 Å². The Morgan fingerprint density at radius 1 is 1.32 bits per heavy atom. The number of hydrogen-bond donors (Lipinski definition) is 1. The van der Waals surface area contributed by atoms with E-state index in [1.165, 1.54) is 23.0 Å². The normalized spacial score (nSPS) is 10.2. The van der Waals surface area contributed by atoms with E-state index in [1.54, 1.807) is 32.4 Å². The van der Waals surface area contributed by atoms with E-state index in [4.69, 9.17) is 5.73 Å². The number of nitrogen functional groups attached to an aromatic ring is 1. The van der Waals surface area contributed by atoms with Gasteiger partial charge >= 0.3 is 0 Å². The van der Waals surface area contributed by atoms with Crippen LogP contribution in [0.4, 0.5) is 5.69 Å². The second kappa shape index (κ2) is 5.71.